The first-order chi connectivity index (χ1) is 40.4. The highest BCUT2D eigenvalue weighted by Crippen LogP contribution is 2.30. The average Bonchev–Trinajstić information content (AvgIpc) is 3.63. The van der Waals surface area contributed by atoms with E-state index in [-0.39, 0.29) is 42.2 Å². The molecule has 8 aromatic rings. The van der Waals surface area contributed by atoms with Crippen LogP contribution in [0.4, 0.5) is 0 Å². The lowest BCUT2D eigenvalue weighted by molar-refractivity contribution is -0.127. The Bertz CT molecular complexity index is 3200. The zero-order chi connectivity index (χ0) is 60.0. The molecule has 0 aliphatic carbocycles. The van der Waals surface area contributed by atoms with Crippen molar-refractivity contribution >= 4 is 63.9 Å². The lowest BCUT2D eigenvalue weighted by Gasteiger charge is -2.25. The predicted octanol–water partition coefficient (Wildman–Crippen LogP) is 16.2. The minimum atomic E-state index is -1.02. The van der Waals surface area contributed by atoms with Gasteiger partial charge in [0.2, 0.25) is 11.6 Å². The van der Waals surface area contributed by atoms with Crippen molar-refractivity contribution in [2.45, 2.75) is 70.5 Å². The summed E-state index contributed by atoms with van der Waals surface area (Å²) < 4.78 is 22.8. The van der Waals surface area contributed by atoms with Crippen molar-refractivity contribution in [3.05, 3.63) is 259 Å². The molecule has 10 nitrogen and oxygen atoms in total. The Morgan fingerprint density at radius 1 is 0.429 bits per heavy atom. The van der Waals surface area contributed by atoms with Crippen LogP contribution >= 0.6 is 46.4 Å². The van der Waals surface area contributed by atoms with E-state index >= 15 is 0 Å². The van der Waals surface area contributed by atoms with E-state index in [4.69, 9.17) is 70.5 Å². The van der Waals surface area contributed by atoms with Crippen LogP contribution in [-0.2, 0) is 22.4 Å². The van der Waals surface area contributed by atoms with Gasteiger partial charge < -0.3 is 33.9 Å². The number of aryl methyl sites for hydroxylation is 3. The molecule has 0 aliphatic rings. The summed E-state index contributed by atoms with van der Waals surface area (Å²) >= 11 is 24.6. The van der Waals surface area contributed by atoms with Gasteiger partial charge in [0.25, 0.3) is 0 Å². The quantitative estimate of drug-likeness (QED) is 0.0486. The number of halogens is 4. The number of nitrogens with zero attached hydrogens (tertiary/aromatic N) is 2. The van der Waals surface area contributed by atoms with Gasteiger partial charge in [-0.3, -0.25) is 9.59 Å². The van der Waals surface area contributed by atoms with Crippen molar-refractivity contribution in [3.8, 4) is 23.0 Å². The summed E-state index contributed by atoms with van der Waals surface area (Å²) in [7, 11) is 4.31. The van der Waals surface area contributed by atoms with Gasteiger partial charge in [-0.1, -0.05) is 137 Å². The van der Waals surface area contributed by atoms with E-state index < -0.39 is 18.2 Å². The fraction of sp³-hybridized carbons (Fsp3) is 0.271. The van der Waals surface area contributed by atoms with Gasteiger partial charge in [-0.15, -0.1) is 0 Å². The molecule has 1 N–H and O–H groups in total. The fourth-order valence-corrected chi connectivity index (χ4v) is 9.88. The highest BCUT2D eigenvalue weighted by Gasteiger charge is 2.21. The number of Topliss-reactive ketones (excluding diaryl/α,β-unsaturated/α-hetero) is 2. The van der Waals surface area contributed by atoms with Crippen molar-refractivity contribution in [1.82, 2.24) is 9.80 Å². The topological polar surface area (TPSA) is 115 Å². The molecular weight excluding hydrogens is 1140 g/mol. The maximum atomic E-state index is 12.5. The van der Waals surface area contributed by atoms with Crippen molar-refractivity contribution < 1.29 is 38.4 Å². The number of hydrogen-bond acceptors (Lipinski definition) is 9. The molecule has 14 heteroatoms. The van der Waals surface area contributed by atoms with Crippen molar-refractivity contribution in [2.24, 2.45) is 0 Å². The zero-order valence-corrected chi connectivity index (χ0v) is 51.1. The smallest absolute Gasteiger partial charge is 0.335 e. The normalized spacial score (nSPS) is 11.9. The molecule has 0 aromatic heterocycles. The van der Waals surface area contributed by atoms with E-state index in [0.29, 0.717) is 23.0 Å². The first kappa shape index (κ1) is 64.4. The summed E-state index contributed by atoms with van der Waals surface area (Å²) in [5.41, 5.74) is 8.61. The Kier molecular flexibility index (Phi) is 25.1. The second-order valence-corrected chi connectivity index (χ2v) is 22.7. The van der Waals surface area contributed by atoms with Crippen LogP contribution in [0.3, 0.4) is 0 Å². The molecule has 0 saturated heterocycles. The van der Waals surface area contributed by atoms with Gasteiger partial charge in [-0.05, 0) is 216 Å². The number of carboxylic acid groups (broad SMARTS) is 1. The molecular formula is C70H72Cl4N2O8. The number of benzene rings is 8. The van der Waals surface area contributed by atoms with E-state index in [1.807, 2.05) is 116 Å². The third-order valence-corrected chi connectivity index (χ3v) is 15.4. The van der Waals surface area contributed by atoms with Crippen molar-refractivity contribution in [3.63, 3.8) is 0 Å². The standard InChI is InChI=1S/C35H35Cl2NO5.C35H37Cl2NO3/c1-24(34(39)23-42-31-19-11-28(12-20-31)35(40)41)43-32-17-5-25(6-18-32)4-3-21-38(2)22-33(26-7-13-29(36)14-8-26)27-9-15-30(37)16-10-27;1-25-6-18-32(19-7-25)40-24-35(39)26(2)41-33-20-8-27(9-21-33)5-4-22-38(3)23-34(28-10-14-30(36)15-11-28)29-12-16-31(37)17-13-29/h5-20,24,33H,3-4,21-23H2,1-2H3,(H,40,41);6-21,26,34H,4-5,22-24H2,1-3H3. The number of ether oxygens (including phenoxy) is 4. The summed E-state index contributed by atoms with van der Waals surface area (Å²) in [6.07, 6.45) is 2.61. The summed E-state index contributed by atoms with van der Waals surface area (Å²) in [6.45, 7) is 8.90. The van der Waals surface area contributed by atoms with Crippen LogP contribution in [0, 0.1) is 6.92 Å². The van der Waals surface area contributed by atoms with Gasteiger partial charge in [0, 0.05) is 45.0 Å². The van der Waals surface area contributed by atoms with Crippen LogP contribution in [-0.4, -0.2) is 98.1 Å². The lowest BCUT2D eigenvalue weighted by Crippen LogP contribution is -2.28. The highest BCUT2D eigenvalue weighted by molar-refractivity contribution is 6.31. The summed E-state index contributed by atoms with van der Waals surface area (Å²) in [5, 5.41) is 11.9. The molecule has 2 unspecified atom stereocenters. The lowest BCUT2D eigenvalue weighted by atomic mass is 9.91. The molecule has 0 radical (unpaired) electrons. The Hall–Kier alpha value is -7.15. The summed E-state index contributed by atoms with van der Waals surface area (Å²) in [4.78, 5) is 40.7. The van der Waals surface area contributed by atoms with Gasteiger partial charge in [0.15, 0.2) is 25.4 Å². The van der Waals surface area contributed by atoms with Gasteiger partial charge in [-0.2, -0.15) is 0 Å². The maximum absolute atomic E-state index is 12.5. The fourth-order valence-electron chi connectivity index (χ4n) is 9.38. The van der Waals surface area contributed by atoms with Crippen molar-refractivity contribution in [1.29, 1.82) is 0 Å². The van der Waals surface area contributed by atoms with Crippen LogP contribution in [0.2, 0.25) is 20.1 Å². The molecule has 2 atom stereocenters. The minimum absolute atomic E-state index is 0.0211. The Morgan fingerprint density at radius 3 is 1.04 bits per heavy atom. The molecule has 8 aromatic carbocycles. The monoisotopic (exact) mass is 1210 g/mol. The summed E-state index contributed by atoms with van der Waals surface area (Å²) in [5.74, 6) is 1.47. The van der Waals surface area contributed by atoms with Crippen LogP contribution in [0.15, 0.2) is 194 Å². The van der Waals surface area contributed by atoms with Gasteiger partial charge in [-0.25, -0.2) is 4.79 Å². The zero-order valence-electron chi connectivity index (χ0n) is 48.1. The number of carbonyl (C=O) groups is 3. The number of aromatic carboxylic acids is 1. The Balaban J connectivity index is 0.000000241. The van der Waals surface area contributed by atoms with Gasteiger partial charge in [0.1, 0.15) is 23.0 Å². The first-order valence-corrected chi connectivity index (χ1v) is 29.6. The largest absolute Gasteiger partial charge is 0.486 e. The Morgan fingerprint density at radius 2 is 0.726 bits per heavy atom. The SMILES string of the molecule is CC(Oc1ccc(CCCN(C)CC(c2ccc(Cl)cc2)c2ccc(Cl)cc2)cc1)C(=O)COc1ccc(C(=O)O)cc1.Cc1ccc(OCC(=O)C(C)Oc2ccc(CCCN(C)CC(c3ccc(Cl)cc3)c3ccc(Cl)cc3)cc2)cc1. The highest BCUT2D eigenvalue weighted by atomic mass is 35.5. The van der Waals surface area contributed by atoms with Gasteiger partial charge in [0.05, 0.1) is 5.56 Å². The molecule has 0 spiro atoms. The molecule has 0 saturated carbocycles. The number of ketones is 2. The van der Waals surface area contributed by atoms with Crippen LogP contribution in [0.1, 0.15) is 87.8 Å². The first-order valence-electron chi connectivity index (χ1n) is 28.1. The summed E-state index contributed by atoms with van der Waals surface area (Å²) in [6, 6.07) is 61.6. The van der Waals surface area contributed by atoms with E-state index in [9.17, 15) is 14.4 Å². The molecule has 84 heavy (non-hydrogen) atoms. The van der Waals surface area contributed by atoms with E-state index in [1.54, 1.807) is 13.8 Å². The second kappa shape index (κ2) is 32.8. The molecule has 0 fully saturated rings. The maximum Gasteiger partial charge on any atom is 0.335 e. The third-order valence-electron chi connectivity index (χ3n) is 14.4. The van der Waals surface area contributed by atoms with E-state index in [2.05, 4.69) is 84.6 Å². The Labute approximate surface area is 514 Å². The van der Waals surface area contributed by atoms with E-state index in [0.717, 1.165) is 77.5 Å². The van der Waals surface area contributed by atoms with Crippen LogP contribution < -0.4 is 18.9 Å². The average molecular weight is 1210 g/mol. The second-order valence-electron chi connectivity index (χ2n) is 21.0. The molecule has 8 rings (SSSR count). The number of carbonyl (C=O) groups excluding carboxylic acids is 2. The molecule has 438 valence electrons. The molecule has 0 amide bonds. The number of rotatable bonds is 29. The predicted molar refractivity (Wildman–Crippen MR) is 340 cm³/mol. The molecule has 0 heterocycles. The number of carboxylic acids is 1. The van der Waals surface area contributed by atoms with Crippen LogP contribution in [0.25, 0.3) is 0 Å². The number of hydrogen-bond donors (Lipinski definition) is 1. The van der Waals surface area contributed by atoms with Gasteiger partial charge >= 0.3 is 5.97 Å². The van der Waals surface area contributed by atoms with Crippen LogP contribution in [0.5, 0.6) is 23.0 Å². The molecule has 0 aliphatic heterocycles. The molecule has 0 bridgehead atoms. The minimum Gasteiger partial charge on any atom is -0.486 e. The van der Waals surface area contributed by atoms with Crippen molar-refractivity contribution in [2.75, 3.05) is 53.5 Å². The van der Waals surface area contributed by atoms with E-state index in [1.165, 1.54) is 57.6 Å². The number of likely N-dealkylation sites (N-methyl/N-ethyl adjacent to an activating group) is 2. The third kappa shape index (κ3) is 21.2.